The normalized spacial score (nSPS) is 27.5. The molecule has 1 aliphatic rings. The van der Waals surface area contributed by atoms with Crippen LogP contribution in [0.1, 0.15) is 50.5 Å². The van der Waals surface area contributed by atoms with Crippen molar-refractivity contribution < 1.29 is 8.78 Å². The quantitative estimate of drug-likeness (QED) is 0.868. The summed E-state index contributed by atoms with van der Waals surface area (Å²) in [5.41, 5.74) is 6.07. The van der Waals surface area contributed by atoms with E-state index in [9.17, 15) is 8.78 Å². The molecule has 19 heavy (non-hydrogen) atoms. The summed E-state index contributed by atoms with van der Waals surface area (Å²) in [7, 11) is 0. The second-order valence-corrected chi connectivity index (χ2v) is 5.71. The summed E-state index contributed by atoms with van der Waals surface area (Å²) in [6.07, 6.45) is 5.27. The van der Waals surface area contributed by atoms with Crippen LogP contribution in [0.3, 0.4) is 0 Å². The lowest BCUT2D eigenvalue weighted by molar-refractivity contribution is 0.222. The molecule has 1 saturated carbocycles. The molecule has 2 rings (SSSR count). The first-order chi connectivity index (χ1) is 9.17. The van der Waals surface area contributed by atoms with Gasteiger partial charge in [0.15, 0.2) is 0 Å². The molecule has 1 fully saturated rings. The van der Waals surface area contributed by atoms with Crippen LogP contribution in [0, 0.1) is 23.5 Å². The van der Waals surface area contributed by atoms with Gasteiger partial charge in [-0.25, -0.2) is 8.78 Å². The summed E-state index contributed by atoms with van der Waals surface area (Å²) in [6, 6.07) is 4.14. The molecule has 0 aliphatic heterocycles. The molecule has 0 bridgehead atoms. The predicted molar refractivity (Wildman–Crippen MR) is 73.9 cm³/mol. The maximum absolute atomic E-state index is 14.0. The fourth-order valence-corrected chi connectivity index (χ4v) is 3.49. The highest BCUT2D eigenvalue weighted by atomic mass is 19.1. The van der Waals surface area contributed by atoms with Crippen molar-refractivity contribution in [2.45, 2.75) is 44.9 Å². The number of rotatable bonds is 4. The Kier molecular flexibility index (Phi) is 4.92. The minimum absolute atomic E-state index is 0.0588. The Balaban J connectivity index is 2.27. The zero-order valence-corrected chi connectivity index (χ0v) is 11.5. The molecule has 1 nitrogen and oxygen atoms in total. The second kappa shape index (κ2) is 6.47. The predicted octanol–water partition coefficient (Wildman–Crippen LogP) is 4.22. The van der Waals surface area contributed by atoms with E-state index in [1.807, 2.05) is 0 Å². The topological polar surface area (TPSA) is 26.0 Å². The van der Waals surface area contributed by atoms with Crippen LogP contribution in [0.25, 0.3) is 0 Å². The van der Waals surface area contributed by atoms with Gasteiger partial charge >= 0.3 is 0 Å². The number of hydrogen-bond donors (Lipinski definition) is 1. The molecule has 0 radical (unpaired) electrons. The summed E-state index contributed by atoms with van der Waals surface area (Å²) < 4.78 is 28.0. The van der Waals surface area contributed by atoms with Gasteiger partial charge in [-0.1, -0.05) is 32.3 Å². The van der Waals surface area contributed by atoms with E-state index in [0.29, 0.717) is 12.5 Å². The van der Waals surface area contributed by atoms with E-state index < -0.39 is 11.6 Å². The molecular weight excluding hydrogens is 244 g/mol. The van der Waals surface area contributed by atoms with Gasteiger partial charge < -0.3 is 5.73 Å². The van der Waals surface area contributed by atoms with Crippen LogP contribution in [0.4, 0.5) is 8.78 Å². The first-order valence-corrected chi connectivity index (χ1v) is 7.31. The average molecular weight is 267 g/mol. The van der Waals surface area contributed by atoms with Crippen LogP contribution < -0.4 is 5.73 Å². The molecule has 2 N–H and O–H groups in total. The van der Waals surface area contributed by atoms with Gasteiger partial charge in [0, 0.05) is 5.56 Å². The number of benzene rings is 1. The first-order valence-electron chi connectivity index (χ1n) is 7.31. The zero-order valence-electron chi connectivity index (χ0n) is 11.5. The molecular formula is C16H23F2N. The van der Waals surface area contributed by atoms with Gasteiger partial charge in [-0.3, -0.25) is 0 Å². The van der Waals surface area contributed by atoms with Gasteiger partial charge in [0.25, 0.3) is 0 Å². The standard InChI is InChI=1S/C16H23F2N/c1-2-4-11-7-8-12(10-19)13(9-11)16-14(17)5-3-6-15(16)18/h3,5-6,11-13H,2,4,7-10,19H2,1H3. The second-order valence-electron chi connectivity index (χ2n) is 5.71. The summed E-state index contributed by atoms with van der Waals surface area (Å²) in [4.78, 5) is 0. The van der Waals surface area contributed by atoms with E-state index in [0.717, 1.165) is 32.1 Å². The fraction of sp³-hybridized carbons (Fsp3) is 0.625. The molecule has 1 aromatic carbocycles. The molecule has 1 aromatic rings. The SMILES string of the molecule is CCCC1CCC(CN)C(c2c(F)cccc2F)C1. The minimum atomic E-state index is -0.416. The number of nitrogens with two attached hydrogens (primary N) is 1. The van der Waals surface area contributed by atoms with E-state index in [-0.39, 0.29) is 17.4 Å². The monoisotopic (exact) mass is 267 g/mol. The van der Waals surface area contributed by atoms with Crippen molar-refractivity contribution in [3.63, 3.8) is 0 Å². The van der Waals surface area contributed by atoms with E-state index in [1.165, 1.54) is 18.2 Å². The van der Waals surface area contributed by atoms with Crippen LogP contribution in [0.15, 0.2) is 18.2 Å². The van der Waals surface area contributed by atoms with Gasteiger partial charge in [0.1, 0.15) is 11.6 Å². The molecule has 0 amide bonds. The number of hydrogen-bond acceptors (Lipinski definition) is 1. The highest BCUT2D eigenvalue weighted by Crippen LogP contribution is 2.43. The maximum atomic E-state index is 14.0. The lowest BCUT2D eigenvalue weighted by Crippen LogP contribution is -2.30. The van der Waals surface area contributed by atoms with Crippen LogP contribution in [0.2, 0.25) is 0 Å². The third kappa shape index (κ3) is 3.14. The van der Waals surface area contributed by atoms with E-state index >= 15 is 0 Å². The van der Waals surface area contributed by atoms with Crippen LogP contribution in [-0.2, 0) is 0 Å². The Hall–Kier alpha value is -0.960. The molecule has 0 spiro atoms. The number of halogens is 2. The van der Waals surface area contributed by atoms with E-state index in [4.69, 9.17) is 5.73 Å². The van der Waals surface area contributed by atoms with Gasteiger partial charge in [0.2, 0.25) is 0 Å². The van der Waals surface area contributed by atoms with Crippen LogP contribution >= 0.6 is 0 Å². The molecule has 0 aromatic heterocycles. The smallest absolute Gasteiger partial charge is 0.129 e. The Morgan fingerprint density at radius 1 is 1.21 bits per heavy atom. The van der Waals surface area contributed by atoms with Crippen molar-refractivity contribution in [1.29, 1.82) is 0 Å². The first kappa shape index (κ1) is 14.4. The highest BCUT2D eigenvalue weighted by molar-refractivity contribution is 5.25. The summed E-state index contributed by atoms with van der Waals surface area (Å²) in [5.74, 6) is -0.103. The Morgan fingerprint density at radius 2 is 1.89 bits per heavy atom. The molecule has 106 valence electrons. The third-order valence-corrected chi connectivity index (χ3v) is 4.47. The fourth-order valence-electron chi connectivity index (χ4n) is 3.49. The van der Waals surface area contributed by atoms with E-state index in [1.54, 1.807) is 0 Å². The van der Waals surface area contributed by atoms with Crippen LogP contribution in [-0.4, -0.2) is 6.54 Å². The van der Waals surface area contributed by atoms with Gasteiger partial charge in [-0.05, 0) is 49.3 Å². The molecule has 3 atom stereocenters. The molecule has 1 aliphatic carbocycles. The van der Waals surface area contributed by atoms with Crippen molar-refractivity contribution >= 4 is 0 Å². The molecule has 0 saturated heterocycles. The van der Waals surface area contributed by atoms with Crippen molar-refractivity contribution in [3.05, 3.63) is 35.4 Å². The van der Waals surface area contributed by atoms with Crippen molar-refractivity contribution in [1.82, 2.24) is 0 Å². The summed E-state index contributed by atoms with van der Waals surface area (Å²) >= 11 is 0. The Morgan fingerprint density at radius 3 is 2.47 bits per heavy atom. The summed E-state index contributed by atoms with van der Waals surface area (Å²) in [6.45, 7) is 2.67. The third-order valence-electron chi connectivity index (χ3n) is 4.47. The van der Waals surface area contributed by atoms with Gasteiger partial charge in [-0.2, -0.15) is 0 Å². The van der Waals surface area contributed by atoms with Gasteiger partial charge in [-0.15, -0.1) is 0 Å². The highest BCUT2D eigenvalue weighted by Gasteiger charge is 2.33. The van der Waals surface area contributed by atoms with Crippen molar-refractivity contribution in [2.75, 3.05) is 6.54 Å². The minimum Gasteiger partial charge on any atom is -0.330 e. The van der Waals surface area contributed by atoms with Crippen LogP contribution in [0.5, 0.6) is 0 Å². The molecule has 3 unspecified atom stereocenters. The largest absolute Gasteiger partial charge is 0.330 e. The lowest BCUT2D eigenvalue weighted by Gasteiger charge is -2.36. The zero-order chi connectivity index (χ0) is 13.8. The summed E-state index contributed by atoms with van der Waals surface area (Å²) in [5, 5.41) is 0. The molecule has 0 heterocycles. The average Bonchev–Trinajstić information content (AvgIpc) is 2.39. The maximum Gasteiger partial charge on any atom is 0.129 e. The Labute approximate surface area is 114 Å². The Bertz CT molecular complexity index is 399. The van der Waals surface area contributed by atoms with Gasteiger partial charge in [0.05, 0.1) is 0 Å². The van der Waals surface area contributed by atoms with Crippen molar-refractivity contribution in [3.8, 4) is 0 Å². The van der Waals surface area contributed by atoms with E-state index in [2.05, 4.69) is 6.92 Å². The lowest BCUT2D eigenvalue weighted by atomic mass is 9.70. The van der Waals surface area contributed by atoms with Crippen molar-refractivity contribution in [2.24, 2.45) is 17.6 Å². The molecule has 3 heteroatoms.